The standard InChI is InChI=1S/C22H26ClFN6/c1-27-21-12-16(5-8-28-21)29-20(22(26)14-6-9-30(2)10-7-14)13-19(25)17-11-15(23)3-4-18(17)24/h3-6,8,11-13H,7,9-10,25-26H2,1-2H3,(H2,27,28,29)/b19-13-,22-20+. The number of allylic oxidation sites excluding steroid dienone is 2. The third-order valence-electron chi connectivity index (χ3n) is 4.88. The van der Waals surface area contributed by atoms with Gasteiger partial charge in [0, 0.05) is 54.4 Å². The van der Waals surface area contributed by atoms with E-state index in [1.807, 2.05) is 12.1 Å². The number of hydrogen-bond donors (Lipinski definition) is 4. The fourth-order valence-electron chi connectivity index (χ4n) is 3.12. The molecule has 0 spiro atoms. The van der Waals surface area contributed by atoms with Crippen LogP contribution in [0.3, 0.4) is 0 Å². The zero-order chi connectivity index (χ0) is 21.7. The Bertz CT molecular complexity index is 1010. The highest BCUT2D eigenvalue weighted by Crippen LogP contribution is 2.25. The molecule has 6 N–H and O–H groups in total. The molecule has 0 saturated heterocycles. The fraction of sp³-hybridized carbons (Fsp3) is 0.227. The molecular formula is C22H26ClFN6. The summed E-state index contributed by atoms with van der Waals surface area (Å²) in [5.74, 6) is 0.250. The molecule has 0 radical (unpaired) electrons. The molecule has 158 valence electrons. The maximum absolute atomic E-state index is 14.3. The van der Waals surface area contributed by atoms with E-state index in [0.29, 0.717) is 22.2 Å². The summed E-state index contributed by atoms with van der Waals surface area (Å²) in [4.78, 5) is 6.42. The summed E-state index contributed by atoms with van der Waals surface area (Å²) < 4.78 is 14.3. The van der Waals surface area contributed by atoms with Crippen LogP contribution in [-0.4, -0.2) is 37.1 Å². The highest BCUT2D eigenvalue weighted by Gasteiger charge is 2.15. The first-order chi connectivity index (χ1) is 14.4. The molecule has 0 saturated carbocycles. The van der Waals surface area contributed by atoms with Crippen LogP contribution in [0.15, 0.2) is 65.6 Å². The minimum Gasteiger partial charge on any atom is -0.398 e. The lowest BCUT2D eigenvalue weighted by Crippen LogP contribution is -2.26. The molecule has 1 aromatic heterocycles. The molecule has 0 amide bonds. The van der Waals surface area contributed by atoms with E-state index in [1.54, 1.807) is 19.3 Å². The highest BCUT2D eigenvalue weighted by molar-refractivity contribution is 6.30. The van der Waals surface area contributed by atoms with Gasteiger partial charge in [-0.1, -0.05) is 17.7 Å². The lowest BCUT2D eigenvalue weighted by atomic mass is 10.0. The molecule has 0 unspecified atom stereocenters. The number of aromatic nitrogens is 1. The SMILES string of the molecule is CNc1cc(NC(/C=C(\N)c2cc(Cl)ccc2F)=C(/N)C2=CCN(C)CC2)ccn1. The Morgan fingerprint density at radius 1 is 1.27 bits per heavy atom. The van der Waals surface area contributed by atoms with E-state index in [0.717, 1.165) is 30.8 Å². The van der Waals surface area contributed by atoms with Gasteiger partial charge in [-0.2, -0.15) is 0 Å². The first-order valence-electron chi connectivity index (χ1n) is 9.58. The van der Waals surface area contributed by atoms with Crippen molar-refractivity contribution in [1.29, 1.82) is 0 Å². The molecule has 1 aliphatic heterocycles. The van der Waals surface area contributed by atoms with Crippen molar-refractivity contribution in [3.63, 3.8) is 0 Å². The largest absolute Gasteiger partial charge is 0.398 e. The Kier molecular flexibility index (Phi) is 6.97. The number of likely N-dealkylation sites (N-methyl/N-ethyl adjacent to an activating group) is 1. The van der Waals surface area contributed by atoms with Gasteiger partial charge in [-0.05, 0) is 49.4 Å². The van der Waals surface area contributed by atoms with E-state index in [-0.39, 0.29) is 11.3 Å². The summed E-state index contributed by atoms with van der Waals surface area (Å²) >= 11 is 6.03. The van der Waals surface area contributed by atoms with Crippen LogP contribution in [0.2, 0.25) is 5.02 Å². The molecule has 8 heteroatoms. The lowest BCUT2D eigenvalue weighted by Gasteiger charge is -2.23. The number of anilines is 2. The third-order valence-corrected chi connectivity index (χ3v) is 5.12. The number of nitrogens with zero attached hydrogens (tertiary/aromatic N) is 2. The van der Waals surface area contributed by atoms with Crippen LogP contribution in [0.5, 0.6) is 0 Å². The number of benzene rings is 1. The quantitative estimate of drug-likeness (QED) is 0.523. The molecule has 2 aromatic rings. The van der Waals surface area contributed by atoms with Gasteiger partial charge in [0.1, 0.15) is 11.6 Å². The minimum absolute atomic E-state index is 0.219. The van der Waals surface area contributed by atoms with Crippen LogP contribution in [0.1, 0.15) is 12.0 Å². The highest BCUT2D eigenvalue weighted by atomic mass is 35.5. The van der Waals surface area contributed by atoms with Gasteiger partial charge in [-0.25, -0.2) is 9.37 Å². The Morgan fingerprint density at radius 2 is 2.07 bits per heavy atom. The molecule has 1 aliphatic rings. The van der Waals surface area contributed by atoms with Crippen molar-refractivity contribution >= 4 is 28.8 Å². The average molecular weight is 429 g/mol. The number of halogens is 2. The summed E-state index contributed by atoms with van der Waals surface area (Å²) in [5.41, 5.74) is 16.2. The molecule has 2 heterocycles. The molecule has 1 aromatic carbocycles. The molecule has 3 rings (SSSR count). The Labute approximate surface area is 181 Å². The zero-order valence-electron chi connectivity index (χ0n) is 17.0. The Balaban J connectivity index is 2.04. The Morgan fingerprint density at radius 3 is 2.77 bits per heavy atom. The third kappa shape index (κ3) is 5.31. The molecule has 0 fully saturated rings. The number of hydrogen-bond acceptors (Lipinski definition) is 6. The van der Waals surface area contributed by atoms with E-state index >= 15 is 0 Å². The summed E-state index contributed by atoms with van der Waals surface area (Å²) in [6, 6.07) is 7.94. The van der Waals surface area contributed by atoms with E-state index in [9.17, 15) is 4.39 Å². The van der Waals surface area contributed by atoms with Crippen LogP contribution >= 0.6 is 11.6 Å². The van der Waals surface area contributed by atoms with Crippen LogP contribution in [0, 0.1) is 5.82 Å². The van der Waals surface area contributed by atoms with E-state index in [1.165, 1.54) is 18.2 Å². The summed E-state index contributed by atoms with van der Waals surface area (Å²) in [7, 11) is 3.85. The fourth-order valence-corrected chi connectivity index (χ4v) is 3.29. The normalized spacial score (nSPS) is 16.0. The number of pyridine rings is 1. The zero-order valence-corrected chi connectivity index (χ0v) is 17.8. The maximum Gasteiger partial charge on any atom is 0.132 e. The smallest absolute Gasteiger partial charge is 0.132 e. The van der Waals surface area contributed by atoms with E-state index < -0.39 is 5.82 Å². The van der Waals surface area contributed by atoms with Crippen molar-refractivity contribution in [2.24, 2.45) is 11.5 Å². The van der Waals surface area contributed by atoms with Gasteiger partial charge in [-0.15, -0.1) is 0 Å². The summed E-state index contributed by atoms with van der Waals surface area (Å²) in [5, 5.41) is 6.71. The van der Waals surface area contributed by atoms with E-state index in [4.69, 9.17) is 23.1 Å². The monoisotopic (exact) mass is 428 g/mol. The van der Waals surface area contributed by atoms with Gasteiger partial charge >= 0.3 is 0 Å². The first kappa shape index (κ1) is 21.7. The Hall–Kier alpha value is -3.03. The van der Waals surface area contributed by atoms with E-state index in [2.05, 4.69) is 33.6 Å². The van der Waals surface area contributed by atoms with Crippen LogP contribution in [0.4, 0.5) is 15.9 Å². The predicted octanol–water partition coefficient (Wildman–Crippen LogP) is 3.76. The molecule has 0 bridgehead atoms. The van der Waals surface area contributed by atoms with Crippen molar-refractivity contribution in [1.82, 2.24) is 9.88 Å². The number of rotatable bonds is 6. The molecular weight excluding hydrogens is 403 g/mol. The van der Waals surface area contributed by atoms with Crippen LogP contribution < -0.4 is 22.1 Å². The van der Waals surface area contributed by atoms with Gasteiger partial charge in [0.25, 0.3) is 0 Å². The van der Waals surface area contributed by atoms with Crippen molar-refractivity contribution in [3.8, 4) is 0 Å². The van der Waals surface area contributed by atoms with Crippen molar-refractivity contribution < 1.29 is 4.39 Å². The van der Waals surface area contributed by atoms with Gasteiger partial charge in [0.2, 0.25) is 0 Å². The topological polar surface area (TPSA) is 92.2 Å². The van der Waals surface area contributed by atoms with Gasteiger partial charge in [-0.3, -0.25) is 0 Å². The van der Waals surface area contributed by atoms with Crippen molar-refractivity contribution in [3.05, 3.63) is 82.1 Å². The maximum atomic E-state index is 14.3. The summed E-state index contributed by atoms with van der Waals surface area (Å²) in [6.45, 7) is 1.71. The molecule has 0 atom stereocenters. The molecule has 0 aliphatic carbocycles. The van der Waals surface area contributed by atoms with Crippen molar-refractivity contribution in [2.45, 2.75) is 6.42 Å². The number of nitrogens with two attached hydrogens (primary N) is 2. The first-order valence-corrected chi connectivity index (χ1v) is 9.96. The predicted molar refractivity (Wildman–Crippen MR) is 122 cm³/mol. The van der Waals surface area contributed by atoms with Gasteiger partial charge < -0.3 is 27.0 Å². The van der Waals surface area contributed by atoms with Crippen molar-refractivity contribution in [2.75, 3.05) is 37.8 Å². The van der Waals surface area contributed by atoms with Gasteiger partial charge in [0.05, 0.1) is 11.4 Å². The second kappa shape index (κ2) is 9.65. The second-order valence-electron chi connectivity index (χ2n) is 7.10. The lowest BCUT2D eigenvalue weighted by molar-refractivity contribution is 0.360. The summed E-state index contributed by atoms with van der Waals surface area (Å²) in [6.07, 6.45) is 6.23. The van der Waals surface area contributed by atoms with Crippen LogP contribution in [-0.2, 0) is 0 Å². The molecule has 6 nitrogen and oxygen atoms in total. The van der Waals surface area contributed by atoms with Gasteiger partial charge in [0.15, 0.2) is 0 Å². The minimum atomic E-state index is -0.453. The molecule has 30 heavy (non-hydrogen) atoms. The number of nitrogens with one attached hydrogen (secondary N) is 2. The van der Waals surface area contributed by atoms with Crippen LogP contribution in [0.25, 0.3) is 5.70 Å². The average Bonchev–Trinajstić information content (AvgIpc) is 2.75. The second-order valence-corrected chi connectivity index (χ2v) is 7.53.